The highest BCUT2D eigenvalue weighted by atomic mass is 32.2. The lowest BCUT2D eigenvalue weighted by Gasteiger charge is -2.14. The summed E-state index contributed by atoms with van der Waals surface area (Å²) in [6.07, 6.45) is 3.36. The molecule has 6 nitrogen and oxygen atoms in total. The highest BCUT2D eigenvalue weighted by Crippen LogP contribution is 2.49. The second kappa shape index (κ2) is 6.93. The summed E-state index contributed by atoms with van der Waals surface area (Å²) in [7, 11) is -3.09. The van der Waals surface area contributed by atoms with Crippen LogP contribution in [0.2, 0.25) is 0 Å². The second-order valence-electron chi connectivity index (χ2n) is 6.94. The van der Waals surface area contributed by atoms with Gasteiger partial charge in [0.2, 0.25) is 5.91 Å². The molecule has 1 aromatic rings. The molecule has 1 atom stereocenters. The number of rotatable bonds is 8. The largest absolute Gasteiger partial charge is 0.481 e. The maximum atomic E-state index is 12.1. The standard InChI is InChI=1S/C17H23NO5S/c1-12(16(20)21)9-13-3-5-14(6-4-13)18-15(19)10-17(7-8-17)11-24(2,22)23/h3-6,12H,7-11H2,1-2H3,(H,18,19)(H,20,21). The van der Waals surface area contributed by atoms with Gasteiger partial charge in [-0.15, -0.1) is 0 Å². The van der Waals surface area contributed by atoms with Crippen LogP contribution in [0, 0.1) is 11.3 Å². The minimum absolute atomic E-state index is 0.0550. The van der Waals surface area contributed by atoms with Gasteiger partial charge in [-0.2, -0.15) is 0 Å². The molecule has 0 heterocycles. The zero-order chi connectivity index (χ0) is 18.0. The summed E-state index contributed by atoms with van der Waals surface area (Å²) in [5.41, 5.74) is 1.12. The SMILES string of the molecule is CC(Cc1ccc(NC(=O)CC2(CS(C)(=O)=O)CC2)cc1)C(=O)O. The molecule has 1 unspecified atom stereocenters. The number of anilines is 1. The Kier molecular flexibility index (Phi) is 5.32. The van der Waals surface area contributed by atoms with Crippen LogP contribution >= 0.6 is 0 Å². The van der Waals surface area contributed by atoms with Crippen LogP contribution in [0.3, 0.4) is 0 Å². The summed E-state index contributed by atoms with van der Waals surface area (Å²) in [5.74, 6) is -1.44. The van der Waals surface area contributed by atoms with Crippen molar-refractivity contribution < 1.29 is 23.1 Å². The summed E-state index contributed by atoms with van der Waals surface area (Å²) in [4.78, 5) is 23.0. The molecule has 0 aliphatic heterocycles. The van der Waals surface area contributed by atoms with Gasteiger partial charge >= 0.3 is 5.97 Å². The second-order valence-corrected chi connectivity index (χ2v) is 9.08. The molecule has 1 aliphatic rings. The Morgan fingerprint density at radius 2 is 1.83 bits per heavy atom. The number of carbonyl (C=O) groups is 2. The van der Waals surface area contributed by atoms with Crippen molar-refractivity contribution in [2.24, 2.45) is 11.3 Å². The first-order valence-electron chi connectivity index (χ1n) is 7.88. The van der Waals surface area contributed by atoms with Gasteiger partial charge < -0.3 is 10.4 Å². The van der Waals surface area contributed by atoms with E-state index in [0.717, 1.165) is 18.4 Å². The number of sulfone groups is 1. The fraction of sp³-hybridized carbons (Fsp3) is 0.529. The normalized spacial score (nSPS) is 17.1. The average molecular weight is 353 g/mol. The molecular weight excluding hydrogens is 330 g/mol. The number of nitrogens with one attached hydrogen (secondary N) is 1. The number of carboxylic acids is 1. The van der Waals surface area contributed by atoms with E-state index in [1.54, 1.807) is 31.2 Å². The molecule has 1 amide bonds. The predicted molar refractivity (Wildman–Crippen MR) is 91.6 cm³/mol. The van der Waals surface area contributed by atoms with E-state index >= 15 is 0 Å². The molecule has 0 spiro atoms. The molecule has 24 heavy (non-hydrogen) atoms. The third kappa shape index (κ3) is 5.63. The number of aliphatic carboxylic acids is 1. The monoisotopic (exact) mass is 353 g/mol. The van der Waals surface area contributed by atoms with E-state index in [4.69, 9.17) is 5.11 Å². The van der Waals surface area contributed by atoms with Gasteiger partial charge in [0.25, 0.3) is 0 Å². The van der Waals surface area contributed by atoms with Crippen LogP contribution in [0.5, 0.6) is 0 Å². The maximum Gasteiger partial charge on any atom is 0.306 e. The molecule has 1 saturated carbocycles. The molecule has 0 radical (unpaired) electrons. The van der Waals surface area contributed by atoms with E-state index in [0.29, 0.717) is 12.1 Å². The average Bonchev–Trinajstić information content (AvgIpc) is 3.17. The van der Waals surface area contributed by atoms with Crippen molar-refractivity contribution >= 4 is 27.4 Å². The third-order valence-electron chi connectivity index (χ3n) is 4.26. The minimum Gasteiger partial charge on any atom is -0.481 e. The van der Waals surface area contributed by atoms with Crippen molar-refractivity contribution in [3.05, 3.63) is 29.8 Å². The molecular formula is C17H23NO5S. The third-order valence-corrected chi connectivity index (χ3v) is 5.40. The van der Waals surface area contributed by atoms with Gasteiger partial charge in [0.15, 0.2) is 0 Å². The first-order chi connectivity index (χ1) is 11.1. The molecule has 0 saturated heterocycles. The van der Waals surface area contributed by atoms with Crippen LogP contribution in [-0.2, 0) is 25.8 Å². The van der Waals surface area contributed by atoms with E-state index < -0.39 is 27.1 Å². The lowest BCUT2D eigenvalue weighted by Crippen LogP contribution is -2.23. The molecule has 1 aliphatic carbocycles. The van der Waals surface area contributed by atoms with Crippen molar-refractivity contribution in [1.29, 1.82) is 0 Å². The highest BCUT2D eigenvalue weighted by Gasteiger charge is 2.46. The Hall–Kier alpha value is -1.89. The quantitative estimate of drug-likeness (QED) is 0.745. The van der Waals surface area contributed by atoms with Crippen molar-refractivity contribution in [2.45, 2.75) is 32.6 Å². The van der Waals surface area contributed by atoms with Gasteiger partial charge in [0.05, 0.1) is 11.7 Å². The minimum atomic E-state index is -3.09. The zero-order valence-corrected chi connectivity index (χ0v) is 14.7. The van der Waals surface area contributed by atoms with E-state index in [9.17, 15) is 18.0 Å². The van der Waals surface area contributed by atoms with Crippen molar-refractivity contribution in [2.75, 3.05) is 17.3 Å². The summed E-state index contributed by atoms with van der Waals surface area (Å²) in [6, 6.07) is 7.05. The van der Waals surface area contributed by atoms with Crippen molar-refractivity contribution in [3.8, 4) is 0 Å². The molecule has 0 aromatic heterocycles. The topological polar surface area (TPSA) is 101 Å². The Bertz CT molecular complexity index is 720. The van der Waals surface area contributed by atoms with Crippen LogP contribution in [0.1, 0.15) is 31.7 Å². The Balaban J connectivity index is 1.89. The summed E-state index contributed by atoms with van der Waals surface area (Å²) in [5, 5.41) is 11.7. The van der Waals surface area contributed by atoms with E-state index in [-0.39, 0.29) is 18.1 Å². The number of amides is 1. The van der Waals surface area contributed by atoms with E-state index in [1.165, 1.54) is 6.26 Å². The smallest absolute Gasteiger partial charge is 0.306 e. The van der Waals surface area contributed by atoms with Crippen LogP contribution < -0.4 is 5.32 Å². The molecule has 132 valence electrons. The lowest BCUT2D eigenvalue weighted by molar-refractivity contribution is -0.141. The Morgan fingerprint density at radius 3 is 2.29 bits per heavy atom. The predicted octanol–water partition coefficient (Wildman–Crippen LogP) is 2.10. The van der Waals surface area contributed by atoms with Crippen LogP contribution in [0.4, 0.5) is 5.69 Å². The summed E-state index contributed by atoms with van der Waals surface area (Å²) in [6.45, 7) is 1.65. The molecule has 7 heteroatoms. The van der Waals surface area contributed by atoms with Crippen molar-refractivity contribution in [3.63, 3.8) is 0 Å². The van der Waals surface area contributed by atoms with E-state index in [1.807, 2.05) is 0 Å². The van der Waals surface area contributed by atoms with Gasteiger partial charge in [-0.05, 0) is 42.4 Å². The van der Waals surface area contributed by atoms with Gasteiger partial charge in [-0.3, -0.25) is 9.59 Å². The number of benzene rings is 1. The number of carbonyl (C=O) groups excluding carboxylic acids is 1. The Morgan fingerprint density at radius 1 is 1.25 bits per heavy atom. The molecule has 0 bridgehead atoms. The lowest BCUT2D eigenvalue weighted by atomic mass is 10.0. The number of hydrogen-bond donors (Lipinski definition) is 2. The van der Waals surface area contributed by atoms with Crippen LogP contribution in [-0.4, -0.2) is 37.4 Å². The van der Waals surface area contributed by atoms with E-state index in [2.05, 4.69) is 5.32 Å². The van der Waals surface area contributed by atoms with Crippen LogP contribution in [0.15, 0.2) is 24.3 Å². The highest BCUT2D eigenvalue weighted by molar-refractivity contribution is 7.90. The molecule has 2 rings (SSSR count). The summed E-state index contributed by atoms with van der Waals surface area (Å²) < 4.78 is 22.9. The van der Waals surface area contributed by atoms with Crippen molar-refractivity contribution in [1.82, 2.24) is 0 Å². The summed E-state index contributed by atoms with van der Waals surface area (Å²) >= 11 is 0. The molecule has 1 fully saturated rings. The van der Waals surface area contributed by atoms with Gasteiger partial charge in [-0.25, -0.2) is 8.42 Å². The Labute approximate surface area is 142 Å². The fourth-order valence-electron chi connectivity index (χ4n) is 2.82. The molecule has 2 N–H and O–H groups in total. The zero-order valence-electron chi connectivity index (χ0n) is 13.9. The molecule has 1 aromatic carbocycles. The first kappa shape index (κ1) is 18.4. The fourth-order valence-corrected chi connectivity index (χ4v) is 4.32. The maximum absolute atomic E-state index is 12.1. The van der Waals surface area contributed by atoms with Gasteiger partial charge in [-0.1, -0.05) is 19.1 Å². The van der Waals surface area contributed by atoms with Gasteiger partial charge in [0, 0.05) is 18.4 Å². The number of carboxylic acid groups (broad SMARTS) is 1. The first-order valence-corrected chi connectivity index (χ1v) is 9.94. The number of hydrogen-bond acceptors (Lipinski definition) is 4. The van der Waals surface area contributed by atoms with Crippen LogP contribution in [0.25, 0.3) is 0 Å². The van der Waals surface area contributed by atoms with Gasteiger partial charge in [0.1, 0.15) is 9.84 Å².